The maximum atomic E-state index is 11.8. The fraction of sp³-hybridized carbons (Fsp3) is 0.286. The van der Waals surface area contributed by atoms with Crippen molar-refractivity contribution >= 4 is 35.2 Å². The summed E-state index contributed by atoms with van der Waals surface area (Å²) in [6, 6.07) is 6.76. The van der Waals surface area contributed by atoms with Crippen molar-refractivity contribution in [2.75, 3.05) is 20.3 Å². The van der Waals surface area contributed by atoms with Gasteiger partial charge in [0.05, 0.1) is 10.0 Å². The number of nitrogens with zero attached hydrogens (tertiary/aromatic N) is 1. The van der Waals surface area contributed by atoms with Gasteiger partial charge in [-0.1, -0.05) is 29.3 Å². The van der Waals surface area contributed by atoms with Crippen LogP contribution in [0.5, 0.6) is 0 Å². The summed E-state index contributed by atoms with van der Waals surface area (Å²) >= 11 is 11.7. The zero-order chi connectivity index (χ0) is 15.0. The van der Waals surface area contributed by atoms with Crippen molar-refractivity contribution in [3.63, 3.8) is 0 Å². The lowest BCUT2D eigenvalue weighted by molar-refractivity contribution is -0.117. The van der Waals surface area contributed by atoms with Crippen LogP contribution in [0.2, 0.25) is 10.0 Å². The van der Waals surface area contributed by atoms with Gasteiger partial charge in [0, 0.05) is 20.3 Å². The molecular formula is C14H14Cl2N2O2. The summed E-state index contributed by atoms with van der Waals surface area (Å²) in [4.78, 5) is 11.8. The second kappa shape index (κ2) is 8.60. The lowest BCUT2D eigenvalue weighted by Gasteiger charge is -2.04. The topological polar surface area (TPSA) is 62.1 Å². The fourth-order valence-corrected chi connectivity index (χ4v) is 1.74. The molecule has 0 aliphatic rings. The largest absolute Gasteiger partial charge is 0.385 e. The summed E-state index contributed by atoms with van der Waals surface area (Å²) in [6.45, 7) is 1.01. The van der Waals surface area contributed by atoms with Gasteiger partial charge < -0.3 is 10.1 Å². The Kier molecular flexibility index (Phi) is 7.10. The van der Waals surface area contributed by atoms with E-state index >= 15 is 0 Å². The van der Waals surface area contributed by atoms with E-state index in [1.165, 1.54) is 6.08 Å². The molecule has 0 heterocycles. The summed E-state index contributed by atoms with van der Waals surface area (Å²) in [7, 11) is 1.59. The molecule has 0 spiro atoms. The van der Waals surface area contributed by atoms with Gasteiger partial charge in [-0.15, -0.1) is 0 Å². The van der Waals surface area contributed by atoms with Gasteiger partial charge >= 0.3 is 0 Å². The van der Waals surface area contributed by atoms with Gasteiger partial charge in [0.25, 0.3) is 5.91 Å². The van der Waals surface area contributed by atoms with E-state index in [0.29, 0.717) is 35.2 Å². The first-order valence-corrected chi connectivity index (χ1v) is 6.68. The molecule has 0 saturated heterocycles. The van der Waals surface area contributed by atoms with Gasteiger partial charge in [-0.05, 0) is 30.2 Å². The van der Waals surface area contributed by atoms with Gasteiger partial charge in [0.2, 0.25) is 0 Å². The molecule has 0 aromatic heterocycles. The van der Waals surface area contributed by atoms with Crippen molar-refractivity contribution in [1.29, 1.82) is 5.26 Å². The van der Waals surface area contributed by atoms with E-state index in [4.69, 9.17) is 33.2 Å². The Labute approximate surface area is 127 Å². The molecule has 106 valence electrons. The highest BCUT2D eigenvalue weighted by atomic mass is 35.5. The monoisotopic (exact) mass is 312 g/mol. The molecule has 1 aromatic rings. The van der Waals surface area contributed by atoms with E-state index in [-0.39, 0.29) is 5.57 Å². The van der Waals surface area contributed by atoms with Crippen molar-refractivity contribution in [3.05, 3.63) is 39.4 Å². The van der Waals surface area contributed by atoms with E-state index in [9.17, 15) is 4.79 Å². The van der Waals surface area contributed by atoms with Crippen LogP contribution in [0.15, 0.2) is 23.8 Å². The molecule has 1 rings (SSSR count). The molecule has 0 bridgehead atoms. The Hall–Kier alpha value is -1.54. The molecule has 6 heteroatoms. The normalized spacial score (nSPS) is 11.0. The van der Waals surface area contributed by atoms with Crippen molar-refractivity contribution in [2.45, 2.75) is 6.42 Å². The Balaban J connectivity index is 2.74. The lowest BCUT2D eigenvalue weighted by Crippen LogP contribution is -2.26. The van der Waals surface area contributed by atoms with Gasteiger partial charge in [-0.3, -0.25) is 4.79 Å². The maximum Gasteiger partial charge on any atom is 0.261 e. The van der Waals surface area contributed by atoms with E-state index in [1.807, 2.05) is 6.07 Å². The van der Waals surface area contributed by atoms with Crippen LogP contribution >= 0.6 is 23.2 Å². The predicted molar refractivity (Wildman–Crippen MR) is 79.6 cm³/mol. The zero-order valence-corrected chi connectivity index (χ0v) is 12.5. The summed E-state index contributed by atoms with van der Waals surface area (Å²) in [5.41, 5.74) is 0.656. The Morgan fingerprint density at radius 3 is 2.80 bits per heavy atom. The molecule has 0 radical (unpaired) electrons. The number of nitrogens with one attached hydrogen (secondary N) is 1. The van der Waals surface area contributed by atoms with Gasteiger partial charge in [0.1, 0.15) is 11.6 Å². The number of halogens is 2. The van der Waals surface area contributed by atoms with Crippen molar-refractivity contribution in [3.8, 4) is 6.07 Å². The molecule has 0 aliphatic carbocycles. The van der Waals surface area contributed by atoms with Crippen LogP contribution in [0, 0.1) is 11.3 Å². The number of carbonyl (C=O) groups excluding carboxylic acids is 1. The highest BCUT2D eigenvalue weighted by Gasteiger charge is 2.08. The SMILES string of the molecule is COCCCNC(=O)/C(C#N)=C\c1ccc(Cl)c(Cl)c1. The summed E-state index contributed by atoms with van der Waals surface area (Å²) in [5, 5.41) is 12.5. The third kappa shape index (κ3) is 5.22. The molecule has 1 N–H and O–H groups in total. The molecule has 0 unspecified atom stereocenters. The van der Waals surface area contributed by atoms with E-state index in [0.717, 1.165) is 0 Å². The van der Waals surface area contributed by atoms with E-state index in [2.05, 4.69) is 5.32 Å². The summed E-state index contributed by atoms with van der Waals surface area (Å²) in [6.07, 6.45) is 2.15. The maximum absolute atomic E-state index is 11.8. The number of hydrogen-bond acceptors (Lipinski definition) is 3. The molecule has 0 atom stereocenters. The standard InChI is InChI=1S/C14H14Cl2N2O2/c1-20-6-2-5-18-14(19)11(9-17)7-10-3-4-12(15)13(16)8-10/h3-4,7-8H,2,5-6H2,1H3,(H,18,19)/b11-7-. The third-order valence-electron chi connectivity index (χ3n) is 2.43. The van der Waals surface area contributed by atoms with Gasteiger partial charge in [-0.25, -0.2) is 0 Å². The minimum atomic E-state index is -0.422. The van der Waals surface area contributed by atoms with E-state index < -0.39 is 5.91 Å². The molecule has 1 amide bonds. The Morgan fingerprint density at radius 1 is 1.45 bits per heavy atom. The first-order valence-electron chi connectivity index (χ1n) is 5.92. The molecule has 4 nitrogen and oxygen atoms in total. The van der Waals surface area contributed by atoms with Crippen LogP contribution < -0.4 is 5.32 Å². The number of carbonyl (C=O) groups is 1. The van der Waals surface area contributed by atoms with Crippen molar-refractivity contribution < 1.29 is 9.53 Å². The lowest BCUT2D eigenvalue weighted by atomic mass is 10.1. The average Bonchev–Trinajstić information content (AvgIpc) is 2.44. The van der Waals surface area contributed by atoms with Crippen molar-refractivity contribution in [1.82, 2.24) is 5.32 Å². The van der Waals surface area contributed by atoms with Crippen LogP contribution in [0.25, 0.3) is 6.08 Å². The number of methoxy groups -OCH3 is 1. The molecule has 0 aliphatic heterocycles. The summed E-state index contributed by atoms with van der Waals surface area (Å²) < 4.78 is 4.87. The van der Waals surface area contributed by atoms with Crippen LogP contribution in [0.4, 0.5) is 0 Å². The van der Waals surface area contributed by atoms with Crippen LogP contribution in [-0.4, -0.2) is 26.2 Å². The number of rotatable bonds is 6. The molecule has 1 aromatic carbocycles. The number of amides is 1. The first kappa shape index (κ1) is 16.5. The number of nitriles is 1. The minimum absolute atomic E-state index is 0.0146. The van der Waals surface area contributed by atoms with Gasteiger partial charge in [-0.2, -0.15) is 5.26 Å². The Morgan fingerprint density at radius 2 is 2.20 bits per heavy atom. The second-order valence-corrected chi connectivity index (χ2v) is 4.76. The smallest absolute Gasteiger partial charge is 0.261 e. The molecule has 0 fully saturated rings. The second-order valence-electron chi connectivity index (χ2n) is 3.95. The predicted octanol–water partition coefficient (Wildman–Crippen LogP) is 3.05. The van der Waals surface area contributed by atoms with Crippen molar-refractivity contribution in [2.24, 2.45) is 0 Å². The number of hydrogen-bond donors (Lipinski definition) is 1. The van der Waals surface area contributed by atoms with Crippen LogP contribution in [-0.2, 0) is 9.53 Å². The van der Waals surface area contributed by atoms with Gasteiger partial charge in [0.15, 0.2) is 0 Å². The highest BCUT2D eigenvalue weighted by molar-refractivity contribution is 6.42. The van der Waals surface area contributed by atoms with Crippen LogP contribution in [0.1, 0.15) is 12.0 Å². The third-order valence-corrected chi connectivity index (χ3v) is 3.17. The van der Waals surface area contributed by atoms with Crippen LogP contribution in [0.3, 0.4) is 0 Å². The number of ether oxygens (including phenoxy) is 1. The minimum Gasteiger partial charge on any atom is -0.385 e. The molecule has 20 heavy (non-hydrogen) atoms. The molecular weight excluding hydrogens is 299 g/mol. The zero-order valence-electron chi connectivity index (χ0n) is 11.0. The first-order chi connectivity index (χ1) is 9.58. The van der Waals surface area contributed by atoms with E-state index in [1.54, 1.807) is 25.3 Å². The average molecular weight is 313 g/mol. The summed E-state index contributed by atoms with van der Waals surface area (Å²) in [5.74, 6) is -0.422. The fourth-order valence-electron chi connectivity index (χ4n) is 1.43. The Bertz CT molecular complexity index is 551. The quantitative estimate of drug-likeness (QED) is 0.499. The molecule has 0 saturated carbocycles. The highest BCUT2D eigenvalue weighted by Crippen LogP contribution is 2.23. The number of benzene rings is 1.